The van der Waals surface area contributed by atoms with Crippen molar-refractivity contribution in [1.82, 2.24) is 20.1 Å². The van der Waals surface area contributed by atoms with Crippen LogP contribution in [0.1, 0.15) is 43.6 Å². The molecule has 0 fully saturated rings. The molecule has 140 valence electrons. The zero-order valence-corrected chi connectivity index (χ0v) is 15.6. The molecule has 27 heavy (non-hydrogen) atoms. The fourth-order valence-electron chi connectivity index (χ4n) is 2.82. The quantitative estimate of drug-likeness (QED) is 0.702. The van der Waals surface area contributed by atoms with Gasteiger partial charge in [-0.2, -0.15) is 5.10 Å². The van der Waals surface area contributed by atoms with Crippen molar-refractivity contribution >= 4 is 28.5 Å². The van der Waals surface area contributed by atoms with Crippen molar-refractivity contribution in [1.29, 1.82) is 0 Å². The lowest BCUT2D eigenvalue weighted by Gasteiger charge is -2.14. The van der Waals surface area contributed by atoms with Gasteiger partial charge in [0.05, 0.1) is 18.1 Å². The number of hydrogen-bond donors (Lipinski definition) is 2. The summed E-state index contributed by atoms with van der Waals surface area (Å²) < 4.78 is 1.84. The Morgan fingerprint density at radius 1 is 1.11 bits per heavy atom. The van der Waals surface area contributed by atoms with Crippen LogP contribution in [0.4, 0.5) is 5.69 Å². The van der Waals surface area contributed by atoms with Crippen molar-refractivity contribution in [2.24, 2.45) is 0 Å². The van der Waals surface area contributed by atoms with Crippen molar-refractivity contribution in [2.75, 3.05) is 5.32 Å². The molecule has 0 aliphatic carbocycles. The Kier molecular flexibility index (Phi) is 5.49. The summed E-state index contributed by atoms with van der Waals surface area (Å²) in [7, 11) is 0. The highest BCUT2D eigenvalue weighted by molar-refractivity contribution is 5.96. The molecule has 0 bridgehead atoms. The minimum absolute atomic E-state index is 0.169. The Bertz CT molecular complexity index is 949. The van der Waals surface area contributed by atoms with E-state index in [1.165, 1.54) is 0 Å². The summed E-state index contributed by atoms with van der Waals surface area (Å²) in [6.45, 7) is 5.87. The molecule has 2 aromatic heterocycles. The summed E-state index contributed by atoms with van der Waals surface area (Å²) >= 11 is 0. The first-order chi connectivity index (χ1) is 12.9. The van der Waals surface area contributed by atoms with Crippen LogP contribution in [0, 0.1) is 0 Å². The topological polar surface area (TPSA) is 88.9 Å². The molecule has 2 amide bonds. The molecule has 2 N–H and O–H groups in total. The van der Waals surface area contributed by atoms with Crippen LogP contribution >= 0.6 is 0 Å². The number of anilines is 1. The van der Waals surface area contributed by atoms with Gasteiger partial charge in [0.1, 0.15) is 0 Å². The molecule has 0 saturated heterocycles. The number of benzene rings is 1. The monoisotopic (exact) mass is 365 g/mol. The van der Waals surface area contributed by atoms with Gasteiger partial charge in [-0.05, 0) is 39.0 Å². The molecule has 7 heteroatoms. The van der Waals surface area contributed by atoms with Crippen LogP contribution in [0.2, 0.25) is 0 Å². The molecule has 0 saturated carbocycles. The number of nitrogens with zero attached hydrogens (tertiary/aromatic N) is 3. The zero-order chi connectivity index (χ0) is 19.4. The van der Waals surface area contributed by atoms with Gasteiger partial charge in [-0.3, -0.25) is 9.59 Å². The van der Waals surface area contributed by atoms with Crippen LogP contribution in [0.15, 0.2) is 48.8 Å². The number of hydrogen-bond acceptors (Lipinski definition) is 4. The first kappa shape index (κ1) is 18.6. The van der Waals surface area contributed by atoms with E-state index >= 15 is 0 Å². The van der Waals surface area contributed by atoms with E-state index in [0.717, 1.165) is 11.0 Å². The lowest BCUT2D eigenvalue weighted by Crippen LogP contribution is -2.35. The van der Waals surface area contributed by atoms with Crippen molar-refractivity contribution < 1.29 is 9.59 Å². The normalized spacial score (nSPS) is 12.1. The lowest BCUT2D eigenvalue weighted by molar-refractivity contribution is -0.116. The number of pyridine rings is 1. The van der Waals surface area contributed by atoms with E-state index in [2.05, 4.69) is 20.7 Å². The van der Waals surface area contributed by atoms with Crippen LogP contribution in [0.5, 0.6) is 0 Å². The van der Waals surface area contributed by atoms with Crippen LogP contribution < -0.4 is 10.6 Å². The van der Waals surface area contributed by atoms with Crippen LogP contribution in [-0.2, 0) is 4.79 Å². The van der Waals surface area contributed by atoms with Gasteiger partial charge < -0.3 is 10.6 Å². The lowest BCUT2D eigenvalue weighted by atomic mass is 10.1. The predicted molar refractivity (Wildman–Crippen MR) is 105 cm³/mol. The average molecular weight is 365 g/mol. The van der Waals surface area contributed by atoms with E-state index in [0.29, 0.717) is 11.3 Å². The van der Waals surface area contributed by atoms with Gasteiger partial charge in [-0.15, -0.1) is 0 Å². The third-order valence-corrected chi connectivity index (χ3v) is 4.11. The van der Waals surface area contributed by atoms with Crippen molar-refractivity contribution in [2.45, 2.75) is 39.3 Å². The van der Waals surface area contributed by atoms with Crippen LogP contribution in [0.25, 0.3) is 11.0 Å². The van der Waals surface area contributed by atoms with Crippen molar-refractivity contribution in [3.63, 3.8) is 0 Å². The van der Waals surface area contributed by atoms with Gasteiger partial charge in [0.25, 0.3) is 5.91 Å². The highest BCUT2D eigenvalue weighted by atomic mass is 16.2. The smallest absolute Gasteiger partial charge is 0.251 e. The van der Waals surface area contributed by atoms with Gasteiger partial charge in [0, 0.05) is 29.5 Å². The molecule has 7 nitrogen and oxygen atoms in total. The second-order valence-corrected chi connectivity index (χ2v) is 6.81. The van der Waals surface area contributed by atoms with Gasteiger partial charge in [0.15, 0.2) is 5.65 Å². The van der Waals surface area contributed by atoms with E-state index in [1.807, 2.05) is 30.7 Å². The molecule has 1 aromatic carbocycles. The largest absolute Gasteiger partial charge is 0.349 e. The maximum absolute atomic E-state index is 12.3. The molecular formula is C20H23N5O2. The van der Waals surface area contributed by atoms with E-state index < -0.39 is 0 Å². The number of aromatic nitrogens is 3. The fraction of sp³-hybridized carbons (Fsp3) is 0.300. The Hall–Kier alpha value is -3.22. The van der Waals surface area contributed by atoms with E-state index in [1.54, 1.807) is 43.6 Å². The molecule has 3 rings (SSSR count). The first-order valence-corrected chi connectivity index (χ1v) is 8.93. The number of fused-ring (bicyclic) bond motifs is 1. The Labute approximate surface area is 157 Å². The first-order valence-electron chi connectivity index (χ1n) is 8.93. The minimum Gasteiger partial charge on any atom is -0.349 e. The molecule has 2 heterocycles. The number of amides is 2. The Morgan fingerprint density at radius 3 is 2.56 bits per heavy atom. The molecule has 0 radical (unpaired) electrons. The maximum Gasteiger partial charge on any atom is 0.251 e. The molecular weight excluding hydrogens is 342 g/mol. The van der Waals surface area contributed by atoms with Gasteiger partial charge >= 0.3 is 0 Å². The van der Waals surface area contributed by atoms with E-state index in [9.17, 15) is 9.59 Å². The SMILES string of the molecule is CC(C)n1ncc2cc(NC(=O)C[C@@H](C)NC(=O)c3ccccc3)cnc21. The highest BCUT2D eigenvalue weighted by Gasteiger charge is 2.14. The van der Waals surface area contributed by atoms with Crippen molar-refractivity contribution in [3.8, 4) is 0 Å². The molecule has 3 aromatic rings. The summed E-state index contributed by atoms with van der Waals surface area (Å²) in [6, 6.07) is 10.7. The minimum atomic E-state index is -0.293. The molecule has 0 spiro atoms. The molecule has 0 aliphatic heterocycles. The molecule has 0 unspecified atom stereocenters. The third kappa shape index (κ3) is 4.49. The van der Waals surface area contributed by atoms with Crippen LogP contribution in [0.3, 0.4) is 0 Å². The van der Waals surface area contributed by atoms with Gasteiger partial charge in [-0.1, -0.05) is 18.2 Å². The second kappa shape index (κ2) is 7.99. The standard InChI is InChI=1S/C20H23N5O2/c1-13(2)25-19-16(11-22-25)10-17(12-21-19)24-18(26)9-14(3)23-20(27)15-7-5-4-6-8-15/h4-8,10-14H,9H2,1-3H3,(H,23,27)(H,24,26)/t14-/m1/s1. The number of nitrogens with one attached hydrogen (secondary N) is 2. The maximum atomic E-state index is 12.3. The summed E-state index contributed by atoms with van der Waals surface area (Å²) in [6.07, 6.45) is 3.52. The Balaban J connectivity index is 1.58. The zero-order valence-electron chi connectivity index (χ0n) is 15.6. The number of carbonyl (C=O) groups excluding carboxylic acids is 2. The van der Waals surface area contributed by atoms with E-state index in [4.69, 9.17) is 0 Å². The van der Waals surface area contributed by atoms with Crippen molar-refractivity contribution in [3.05, 3.63) is 54.4 Å². The number of rotatable bonds is 6. The van der Waals surface area contributed by atoms with E-state index in [-0.39, 0.29) is 30.3 Å². The summed E-state index contributed by atoms with van der Waals surface area (Å²) in [5.41, 5.74) is 1.96. The highest BCUT2D eigenvalue weighted by Crippen LogP contribution is 2.19. The fourth-order valence-corrected chi connectivity index (χ4v) is 2.82. The predicted octanol–water partition coefficient (Wildman–Crippen LogP) is 3.16. The second-order valence-electron chi connectivity index (χ2n) is 6.81. The van der Waals surface area contributed by atoms with Crippen LogP contribution in [-0.4, -0.2) is 32.6 Å². The summed E-state index contributed by atoms with van der Waals surface area (Å²) in [5.74, 6) is -0.381. The van der Waals surface area contributed by atoms with Gasteiger partial charge in [-0.25, -0.2) is 9.67 Å². The molecule has 1 atom stereocenters. The molecule has 0 aliphatic rings. The van der Waals surface area contributed by atoms with Gasteiger partial charge in [0.2, 0.25) is 5.91 Å². The Morgan fingerprint density at radius 2 is 1.85 bits per heavy atom. The summed E-state index contributed by atoms with van der Waals surface area (Å²) in [4.78, 5) is 28.8. The summed E-state index contributed by atoms with van der Waals surface area (Å²) in [5, 5.41) is 10.8. The number of carbonyl (C=O) groups is 2. The average Bonchev–Trinajstić information content (AvgIpc) is 3.05. The third-order valence-electron chi connectivity index (χ3n) is 4.11.